The van der Waals surface area contributed by atoms with Gasteiger partial charge in [-0.05, 0) is 19.3 Å². The highest BCUT2D eigenvalue weighted by atomic mass is 16.7. The Bertz CT molecular complexity index is 1210. The lowest BCUT2D eigenvalue weighted by molar-refractivity contribution is -0.359. The Balaban J connectivity index is 1.79. The number of allylic oxidation sites excluding steroid dienone is 1. The van der Waals surface area contributed by atoms with Gasteiger partial charge in [0.2, 0.25) is 5.91 Å². The van der Waals surface area contributed by atoms with Crippen LogP contribution in [-0.2, 0) is 23.7 Å². The zero-order chi connectivity index (χ0) is 50.3. The number of ether oxygens (including phenoxy) is 4. The van der Waals surface area contributed by atoms with Crippen LogP contribution in [0.1, 0.15) is 239 Å². The maximum atomic E-state index is 13.2. The average molecular weight is 988 g/mol. The molecule has 9 N–H and O–H groups in total. The van der Waals surface area contributed by atoms with Crippen LogP contribution in [0.3, 0.4) is 0 Å². The molecule has 0 bridgehead atoms. The molecule has 2 aliphatic heterocycles. The number of rotatable bonds is 45. The van der Waals surface area contributed by atoms with Gasteiger partial charge >= 0.3 is 0 Å². The minimum atomic E-state index is -1.78. The second kappa shape index (κ2) is 42.1. The summed E-state index contributed by atoms with van der Waals surface area (Å²) in [6.07, 6.45) is 29.6. The quantitative estimate of drug-likeness (QED) is 0.0206. The van der Waals surface area contributed by atoms with Gasteiger partial charge in [-0.25, -0.2) is 0 Å². The fourth-order valence-electron chi connectivity index (χ4n) is 9.59. The van der Waals surface area contributed by atoms with E-state index in [-0.39, 0.29) is 18.9 Å². The van der Waals surface area contributed by atoms with Crippen molar-refractivity contribution < 1.29 is 64.6 Å². The number of aliphatic hydroxyl groups is 8. The van der Waals surface area contributed by atoms with E-state index in [9.17, 15) is 45.6 Å². The van der Waals surface area contributed by atoms with Crippen molar-refractivity contribution in [3.63, 3.8) is 0 Å². The third-order valence-electron chi connectivity index (χ3n) is 14.2. The van der Waals surface area contributed by atoms with Crippen molar-refractivity contribution in [2.45, 2.75) is 312 Å². The van der Waals surface area contributed by atoms with Gasteiger partial charge < -0.3 is 65.1 Å². The summed E-state index contributed by atoms with van der Waals surface area (Å²) in [4.78, 5) is 13.2. The van der Waals surface area contributed by atoms with Crippen LogP contribution in [0.15, 0.2) is 12.2 Å². The van der Waals surface area contributed by atoms with Gasteiger partial charge in [-0.15, -0.1) is 0 Å². The molecule has 0 aromatic heterocycles. The molecule has 14 nitrogen and oxygen atoms in total. The minimum absolute atomic E-state index is 0.236. The highest BCUT2D eigenvalue weighted by Crippen LogP contribution is 2.30. The van der Waals surface area contributed by atoms with E-state index in [2.05, 4.69) is 19.2 Å². The van der Waals surface area contributed by atoms with Gasteiger partial charge in [0.25, 0.3) is 0 Å². The van der Waals surface area contributed by atoms with E-state index < -0.39 is 86.8 Å². The number of hydrogen-bond donors (Lipinski definition) is 9. The fourth-order valence-corrected chi connectivity index (χ4v) is 9.59. The molecule has 0 radical (unpaired) electrons. The maximum absolute atomic E-state index is 13.2. The first-order chi connectivity index (χ1) is 33.6. The lowest BCUT2D eigenvalue weighted by atomic mass is 9.97. The fraction of sp³-hybridized carbons (Fsp3) is 0.945. The Hall–Kier alpha value is -1.27. The first-order valence-electron chi connectivity index (χ1n) is 28.4. The summed E-state index contributed by atoms with van der Waals surface area (Å²) in [5.74, 6) is -0.236. The van der Waals surface area contributed by atoms with Gasteiger partial charge in [-0.1, -0.05) is 225 Å². The van der Waals surface area contributed by atoms with Crippen LogP contribution in [0, 0.1) is 0 Å². The molecule has 2 rings (SSSR count). The molecule has 2 aliphatic rings. The van der Waals surface area contributed by atoms with Gasteiger partial charge in [0.05, 0.1) is 32.0 Å². The third-order valence-corrected chi connectivity index (χ3v) is 14.2. The molecule has 0 aromatic rings. The van der Waals surface area contributed by atoms with Crippen LogP contribution >= 0.6 is 0 Å². The molecule has 12 unspecified atom stereocenters. The monoisotopic (exact) mass is 988 g/mol. The van der Waals surface area contributed by atoms with Crippen LogP contribution in [0.2, 0.25) is 0 Å². The van der Waals surface area contributed by atoms with Gasteiger partial charge in [0.1, 0.15) is 48.8 Å². The Morgan fingerprint density at radius 3 is 1.33 bits per heavy atom. The zero-order valence-corrected chi connectivity index (χ0v) is 43.6. The summed E-state index contributed by atoms with van der Waals surface area (Å²) in [7, 11) is 0. The topological polar surface area (TPSA) is 228 Å². The molecular formula is C55H105NO13. The first kappa shape index (κ1) is 63.8. The van der Waals surface area contributed by atoms with E-state index in [0.29, 0.717) is 6.42 Å². The van der Waals surface area contributed by atoms with Crippen molar-refractivity contribution in [1.82, 2.24) is 5.32 Å². The molecule has 2 saturated heterocycles. The summed E-state index contributed by atoms with van der Waals surface area (Å²) in [5, 5.41) is 86.9. The summed E-state index contributed by atoms with van der Waals surface area (Å²) in [6, 6.07) is -0.908. The molecule has 1 amide bonds. The highest BCUT2D eigenvalue weighted by molar-refractivity contribution is 5.76. The Labute approximate surface area is 418 Å². The number of hydrogen-bond acceptors (Lipinski definition) is 13. The SMILES string of the molecule is CCCCCCCCCCCCCCCCCCCCC/C=C/C(O)C(COC1OC(CO)C(OC2OC(CO)C(O)C(O)C2O)C(O)C1O)NC(=O)CCCCCCCCCCCCCCCC. The molecule has 0 aliphatic carbocycles. The zero-order valence-electron chi connectivity index (χ0n) is 43.6. The predicted octanol–water partition coefficient (Wildman–Crippen LogP) is 8.72. The summed E-state index contributed by atoms with van der Waals surface area (Å²) in [6.45, 7) is 2.81. The van der Waals surface area contributed by atoms with E-state index in [4.69, 9.17) is 18.9 Å². The van der Waals surface area contributed by atoms with Gasteiger partial charge in [0.15, 0.2) is 12.6 Å². The summed E-state index contributed by atoms with van der Waals surface area (Å²) in [5.41, 5.74) is 0. The van der Waals surface area contributed by atoms with E-state index in [1.807, 2.05) is 6.08 Å². The molecule has 14 heteroatoms. The average Bonchev–Trinajstić information content (AvgIpc) is 3.35. The van der Waals surface area contributed by atoms with Crippen molar-refractivity contribution >= 4 is 5.91 Å². The standard InChI is InChI=1S/C55H105NO13/c1-3-5-7-9-11-13-15-17-19-20-21-22-23-24-25-26-28-30-32-34-36-38-44(59)43(56-47(60)39-37-35-33-31-29-27-18-16-14-12-10-8-6-4-2)42-66-54-52(65)50(63)53(46(41-58)68-54)69-55-51(64)49(62)48(61)45(40-57)67-55/h36,38,43-46,48-55,57-59,61-65H,3-35,37,39-42H2,1-2H3,(H,56,60)/b38-36+. The number of carbonyl (C=O) groups is 1. The second-order valence-electron chi connectivity index (χ2n) is 20.4. The molecule has 0 aromatic carbocycles. The summed E-state index contributed by atoms with van der Waals surface area (Å²) < 4.78 is 22.7. The lowest BCUT2D eigenvalue weighted by Gasteiger charge is -2.46. The third kappa shape index (κ3) is 28.7. The Morgan fingerprint density at radius 2 is 0.899 bits per heavy atom. The number of nitrogens with one attached hydrogen (secondary N) is 1. The number of carbonyl (C=O) groups excluding carboxylic acids is 1. The van der Waals surface area contributed by atoms with E-state index in [0.717, 1.165) is 38.5 Å². The van der Waals surface area contributed by atoms with Crippen molar-refractivity contribution in [2.24, 2.45) is 0 Å². The van der Waals surface area contributed by atoms with E-state index in [1.165, 1.54) is 173 Å². The Kier molecular flexibility index (Phi) is 39.0. The minimum Gasteiger partial charge on any atom is -0.394 e. The second-order valence-corrected chi connectivity index (χ2v) is 20.4. The molecular weight excluding hydrogens is 883 g/mol. The van der Waals surface area contributed by atoms with Crippen LogP contribution in [0.25, 0.3) is 0 Å². The maximum Gasteiger partial charge on any atom is 0.220 e. The first-order valence-corrected chi connectivity index (χ1v) is 28.4. The molecule has 12 atom stereocenters. The molecule has 69 heavy (non-hydrogen) atoms. The van der Waals surface area contributed by atoms with Crippen LogP contribution in [-0.4, -0.2) is 140 Å². The largest absolute Gasteiger partial charge is 0.394 e. The van der Waals surface area contributed by atoms with Crippen molar-refractivity contribution in [3.05, 3.63) is 12.2 Å². The van der Waals surface area contributed by atoms with Crippen LogP contribution in [0.5, 0.6) is 0 Å². The van der Waals surface area contributed by atoms with Gasteiger partial charge in [-0.3, -0.25) is 4.79 Å². The molecule has 0 spiro atoms. The van der Waals surface area contributed by atoms with Gasteiger partial charge in [-0.2, -0.15) is 0 Å². The van der Waals surface area contributed by atoms with E-state index >= 15 is 0 Å². The number of unbranched alkanes of at least 4 members (excludes halogenated alkanes) is 32. The van der Waals surface area contributed by atoms with E-state index in [1.54, 1.807) is 6.08 Å². The lowest BCUT2D eigenvalue weighted by Crippen LogP contribution is -2.65. The predicted molar refractivity (Wildman–Crippen MR) is 272 cm³/mol. The van der Waals surface area contributed by atoms with Crippen molar-refractivity contribution in [3.8, 4) is 0 Å². The van der Waals surface area contributed by atoms with Crippen LogP contribution < -0.4 is 5.32 Å². The van der Waals surface area contributed by atoms with Crippen LogP contribution in [0.4, 0.5) is 0 Å². The smallest absolute Gasteiger partial charge is 0.220 e. The molecule has 2 fully saturated rings. The Morgan fingerprint density at radius 1 is 0.507 bits per heavy atom. The number of amides is 1. The number of aliphatic hydroxyl groups excluding tert-OH is 8. The van der Waals surface area contributed by atoms with Crippen molar-refractivity contribution in [2.75, 3.05) is 19.8 Å². The summed E-state index contributed by atoms with van der Waals surface area (Å²) >= 11 is 0. The normalized spacial score (nSPS) is 26.2. The van der Waals surface area contributed by atoms with Gasteiger partial charge in [0, 0.05) is 6.42 Å². The molecule has 2 heterocycles. The molecule has 0 saturated carbocycles. The van der Waals surface area contributed by atoms with Crippen molar-refractivity contribution in [1.29, 1.82) is 0 Å². The molecule has 408 valence electrons. The highest BCUT2D eigenvalue weighted by Gasteiger charge is 2.51.